The van der Waals surface area contributed by atoms with E-state index in [0.29, 0.717) is 51.0 Å². The first-order valence-corrected chi connectivity index (χ1v) is 13.1. The van der Waals surface area contributed by atoms with Crippen molar-refractivity contribution in [1.29, 1.82) is 0 Å². The maximum atomic E-state index is 13.0. The fourth-order valence-corrected chi connectivity index (χ4v) is 4.51. The number of hydrogen-bond acceptors (Lipinski definition) is 8. The van der Waals surface area contributed by atoms with Crippen molar-refractivity contribution in [2.24, 2.45) is 0 Å². The molecule has 204 valence electrons. The molecule has 0 unspecified atom stereocenters. The van der Waals surface area contributed by atoms with Gasteiger partial charge in [-0.05, 0) is 43.2 Å². The lowest BCUT2D eigenvalue weighted by atomic mass is 10.0. The largest absolute Gasteiger partial charge is 0.490 e. The lowest BCUT2D eigenvalue weighted by Crippen LogP contribution is -2.13. The first-order valence-electron chi connectivity index (χ1n) is 13.1. The third kappa shape index (κ3) is 5.47. The maximum Gasteiger partial charge on any atom is 0.374 e. The number of rotatable bonds is 10. The van der Waals surface area contributed by atoms with Crippen LogP contribution in [0.4, 0.5) is 0 Å². The third-order valence-electron chi connectivity index (χ3n) is 6.37. The minimum absolute atomic E-state index is 0.111. The van der Waals surface area contributed by atoms with Crippen molar-refractivity contribution in [3.05, 3.63) is 105 Å². The Morgan fingerprint density at radius 2 is 1.65 bits per heavy atom. The second kappa shape index (κ2) is 11.9. The fourth-order valence-electron chi connectivity index (χ4n) is 4.51. The summed E-state index contributed by atoms with van der Waals surface area (Å²) in [5, 5.41) is 0.835. The van der Waals surface area contributed by atoms with Gasteiger partial charge in [0.1, 0.15) is 42.1 Å². The molecule has 8 heteroatoms. The first kappa shape index (κ1) is 26.7. The predicted octanol–water partition coefficient (Wildman–Crippen LogP) is 6.15. The summed E-state index contributed by atoms with van der Waals surface area (Å²) in [4.78, 5) is 37.8. The maximum absolute atomic E-state index is 13.0. The van der Waals surface area contributed by atoms with Crippen LogP contribution in [0.15, 0.2) is 91.4 Å². The minimum Gasteiger partial charge on any atom is -0.490 e. The minimum atomic E-state index is -0.689. The quantitative estimate of drug-likeness (QED) is 0.153. The van der Waals surface area contributed by atoms with Crippen LogP contribution >= 0.6 is 0 Å². The Hall–Kier alpha value is -4.85. The normalized spacial score (nSPS) is 11.1. The monoisotopic (exact) mass is 540 g/mol. The number of esters is 1. The summed E-state index contributed by atoms with van der Waals surface area (Å²) < 4.78 is 28.4. The molecule has 40 heavy (non-hydrogen) atoms. The van der Waals surface area contributed by atoms with Gasteiger partial charge in [-0.3, -0.25) is 9.59 Å². The zero-order valence-electron chi connectivity index (χ0n) is 22.2. The SMILES string of the molecule is CCCc1c(OCCOc2ccc3c(=O)c(-c4ccccc4)coc3c2)ccc2c(=O)cc(C(=O)OCC)oc12. The number of carbonyl (C=O) groups excluding carboxylic acids is 1. The molecule has 8 nitrogen and oxygen atoms in total. The van der Waals surface area contributed by atoms with Crippen LogP contribution in [0.5, 0.6) is 11.5 Å². The average Bonchev–Trinajstić information content (AvgIpc) is 2.97. The van der Waals surface area contributed by atoms with Crippen molar-refractivity contribution in [3.63, 3.8) is 0 Å². The van der Waals surface area contributed by atoms with Gasteiger partial charge in [-0.15, -0.1) is 0 Å². The molecule has 5 aromatic rings. The van der Waals surface area contributed by atoms with Gasteiger partial charge in [-0.2, -0.15) is 0 Å². The lowest BCUT2D eigenvalue weighted by Gasteiger charge is -2.14. The van der Waals surface area contributed by atoms with E-state index in [1.807, 2.05) is 37.3 Å². The summed E-state index contributed by atoms with van der Waals surface area (Å²) in [5.74, 6) is 0.242. The predicted molar refractivity (Wildman–Crippen MR) is 151 cm³/mol. The Bertz CT molecular complexity index is 1780. The molecule has 0 spiro atoms. The van der Waals surface area contributed by atoms with Gasteiger partial charge in [-0.25, -0.2) is 4.79 Å². The van der Waals surface area contributed by atoms with Gasteiger partial charge in [0.2, 0.25) is 5.76 Å². The van der Waals surface area contributed by atoms with Crippen LogP contribution in [0, 0.1) is 0 Å². The molecule has 0 atom stereocenters. The molecule has 5 rings (SSSR count). The van der Waals surface area contributed by atoms with Crippen molar-refractivity contribution >= 4 is 27.9 Å². The summed E-state index contributed by atoms with van der Waals surface area (Å²) >= 11 is 0. The highest BCUT2D eigenvalue weighted by atomic mass is 16.5. The van der Waals surface area contributed by atoms with Crippen molar-refractivity contribution in [1.82, 2.24) is 0 Å². The molecule has 0 fully saturated rings. The molecule has 0 aliphatic heterocycles. The van der Waals surface area contributed by atoms with Gasteiger partial charge >= 0.3 is 5.97 Å². The third-order valence-corrected chi connectivity index (χ3v) is 6.37. The van der Waals surface area contributed by atoms with E-state index in [1.54, 1.807) is 37.3 Å². The highest BCUT2D eigenvalue weighted by Gasteiger charge is 2.18. The molecule has 0 amide bonds. The van der Waals surface area contributed by atoms with Crippen LogP contribution in [0.25, 0.3) is 33.1 Å². The standard InChI is InChI=1S/C32H28O8/c1-3-8-24-27(14-13-22-26(33)18-29(40-31(22)24)32(35)36-4-2)38-16-15-37-21-11-12-23-28(17-21)39-19-25(30(23)34)20-9-6-5-7-10-20/h5-7,9-14,17-19H,3-4,8,15-16H2,1-2H3. The van der Waals surface area contributed by atoms with Crippen LogP contribution in [-0.4, -0.2) is 25.8 Å². The molecule has 2 heterocycles. The van der Waals surface area contributed by atoms with E-state index in [0.717, 1.165) is 18.1 Å². The zero-order valence-corrected chi connectivity index (χ0v) is 22.2. The fraction of sp³-hybridized carbons (Fsp3) is 0.219. The summed E-state index contributed by atoms with van der Waals surface area (Å²) in [6, 6.07) is 19.0. The number of hydrogen-bond donors (Lipinski definition) is 0. The van der Waals surface area contributed by atoms with Gasteiger partial charge in [0, 0.05) is 17.7 Å². The molecule has 3 aromatic carbocycles. The molecule has 0 aliphatic rings. The Balaban J connectivity index is 1.31. The van der Waals surface area contributed by atoms with Crippen molar-refractivity contribution in [2.75, 3.05) is 19.8 Å². The molecule has 0 N–H and O–H groups in total. The Kier molecular flexibility index (Phi) is 7.96. The van der Waals surface area contributed by atoms with Crippen LogP contribution in [0.3, 0.4) is 0 Å². The summed E-state index contributed by atoms with van der Waals surface area (Å²) in [6.07, 6.45) is 2.82. The van der Waals surface area contributed by atoms with Crippen LogP contribution < -0.4 is 20.3 Å². The molecule has 0 saturated heterocycles. The van der Waals surface area contributed by atoms with Gasteiger partial charge in [0.25, 0.3) is 0 Å². The van der Waals surface area contributed by atoms with Crippen molar-refractivity contribution in [3.8, 4) is 22.6 Å². The van der Waals surface area contributed by atoms with Gasteiger partial charge in [0.15, 0.2) is 10.9 Å². The molecule has 0 bridgehead atoms. The van der Waals surface area contributed by atoms with E-state index in [-0.39, 0.29) is 36.4 Å². The lowest BCUT2D eigenvalue weighted by molar-refractivity contribution is 0.0490. The van der Waals surface area contributed by atoms with Crippen LogP contribution in [-0.2, 0) is 11.2 Å². The number of fused-ring (bicyclic) bond motifs is 2. The van der Waals surface area contributed by atoms with E-state index in [9.17, 15) is 14.4 Å². The van der Waals surface area contributed by atoms with Crippen LogP contribution in [0.1, 0.15) is 36.4 Å². The molecule has 0 saturated carbocycles. The van der Waals surface area contributed by atoms with E-state index in [2.05, 4.69) is 0 Å². The summed E-state index contributed by atoms with van der Waals surface area (Å²) in [5.41, 5.74) is 2.30. The highest BCUT2D eigenvalue weighted by Crippen LogP contribution is 2.29. The second-order valence-corrected chi connectivity index (χ2v) is 9.06. The molecular weight excluding hydrogens is 512 g/mol. The van der Waals surface area contributed by atoms with Crippen molar-refractivity contribution < 1.29 is 27.8 Å². The van der Waals surface area contributed by atoms with E-state index < -0.39 is 5.97 Å². The number of carbonyl (C=O) groups is 1. The molecule has 2 aromatic heterocycles. The molecule has 0 aliphatic carbocycles. The smallest absolute Gasteiger partial charge is 0.374 e. The van der Waals surface area contributed by atoms with Gasteiger partial charge < -0.3 is 23.0 Å². The second-order valence-electron chi connectivity index (χ2n) is 9.06. The zero-order chi connectivity index (χ0) is 28.1. The Morgan fingerprint density at radius 1 is 0.875 bits per heavy atom. The number of benzene rings is 3. The van der Waals surface area contributed by atoms with E-state index in [4.69, 9.17) is 23.0 Å². The van der Waals surface area contributed by atoms with Gasteiger partial charge in [0.05, 0.1) is 22.9 Å². The van der Waals surface area contributed by atoms with E-state index >= 15 is 0 Å². The van der Waals surface area contributed by atoms with Crippen molar-refractivity contribution in [2.45, 2.75) is 26.7 Å². The Labute approximate surface area is 229 Å². The average molecular weight is 541 g/mol. The topological polar surface area (TPSA) is 105 Å². The van der Waals surface area contributed by atoms with E-state index in [1.165, 1.54) is 6.26 Å². The highest BCUT2D eigenvalue weighted by molar-refractivity contribution is 5.90. The molecule has 0 radical (unpaired) electrons. The number of aryl methyl sites for hydroxylation is 1. The van der Waals surface area contributed by atoms with Gasteiger partial charge in [-0.1, -0.05) is 43.7 Å². The molecular formula is C32H28O8. The summed E-state index contributed by atoms with van der Waals surface area (Å²) in [7, 11) is 0. The number of ether oxygens (including phenoxy) is 3. The van der Waals surface area contributed by atoms with Crippen LogP contribution in [0.2, 0.25) is 0 Å². The first-order chi connectivity index (χ1) is 19.5. The summed E-state index contributed by atoms with van der Waals surface area (Å²) in [6.45, 7) is 4.28. The Morgan fingerprint density at radius 3 is 2.42 bits per heavy atom.